The Morgan fingerprint density at radius 3 is 2.94 bits per heavy atom. The SMILES string of the molecule is CC(O)(CNC(=O)c1cccs1)Cc1ccco1. The predicted molar refractivity (Wildman–Crippen MR) is 69.7 cm³/mol. The first-order valence-corrected chi connectivity index (χ1v) is 6.51. The monoisotopic (exact) mass is 265 g/mol. The Hall–Kier alpha value is -1.59. The fourth-order valence-corrected chi connectivity index (χ4v) is 2.26. The number of carbonyl (C=O) groups excluding carboxylic acids is 1. The van der Waals surface area contributed by atoms with Gasteiger partial charge in [0.1, 0.15) is 5.76 Å². The lowest BCUT2D eigenvalue weighted by Crippen LogP contribution is -2.42. The molecule has 5 heteroatoms. The molecule has 2 aromatic heterocycles. The van der Waals surface area contributed by atoms with Crippen LogP contribution in [0.4, 0.5) is 0 Å². The van der Waals surface area contributed by atoms with E-state index in [4.69, 9.17) is 4.42 Å². The standard InChI is InChI=1S/C13H15NO3S/c1-13(16,8-10-4-2-6-17-10)9-14-12(15)11-5-3-7-18-11/h2-7,16H,8-9H2,1H3,(H,14,15). The van der Waals surface area contributed by atoms with Crippen LogP contribution in [0.2, 0.25) is 0 Å². The van der Waals surface area contributed by atoms with E-state index in [1.807, 2.05) is 11.4 Å². The number of rotatable bonds is 5. The van der Waals surface area contributed by atoms with Crippen LogP contribution in [0.25, 0.3) is 0 Å². The van der Waals surface area contributed by atoms with Gasteiger partial charge in [-0.3, -0.25) is 4.79 Å². The minimum absolute atomic E-state index is 0.162. The first-order valence-electron chi connectivity index (χ1n) is 5.63. The minimum atomic E-state index is -1.02. The number of aliphatic hydroxyl groups is 1. The Morgan fingerprint density at radius 1 is 1.50 bits per heavy atom. The number of nitrogens with one attached hydrogen (secondary N) is 1. The molecular weight excluding hydrogens is 250 g/mol. The maximum Gasteiger partial charge on any atom is 0.261 e. The van der Waals surface area contributed by atoms with E-state index in [0.717, 1.165) is 0 Å². The molecule has 0 bridgehead atoms. The molecule has 0 aliphatic heterocycles. The Bertz CT molecular complexity index is 488. The van der Waals surface area contributed by atoms with Crippen molar-refractivity contribution in [3.05, 3.63) is 46.5 Å². The van der Waals surface area contributed by atoms with Crippen molar-refractivity contribution in [3.8, 4) is 0 Å². The van der Waals surface area contributed by atoms with Crippen molar-refractivity contribution >= 4 is 17.2 Å². The second-order valence-electron chi connectivity index (χ2n) is 4.41. The summed E-state index contributed by atoms with van der Waals surface area (Å²) in [5.74, 6) is 0.537. The highest BCUT2D eigenvalue weighted by Gasteiger charge is 2.23. The largest absolute Gasteiger partial charge is 0.469 e. The van der Waals surface area contributed by atoms with Gasteiger partial charge < -0.3 is 14.8 Å². The fraction of sp³-hybridized carbons (Fsp3) is 0.308. The quantitative estimate of drug-likeness (QED) is 0.870. The van der Waals surface area contributed by atoms with Gasteiger partial charge in [0.2, 0.25) is 0 Å². The summed E-state index contributed by atoms with van der Waals surface area (Å²) in [6, 6.07) is 7.15. The van der Waals surface area contributed by atoms with Crippen LogP contribution >= 0.6 is 11.3 Å². The van der Waals surface area contributed by atoms with Crippen molar-refractivity contribution in [3.63, 3.8) is 0 Å². The van der Waals surface area contributed by atoms with Crippen LogP contribution in [0.5, 0.6) is 0 Å². The molecule has 1 amide bonds. The summed E-state index contributed by atoms with van der Waals surface area (Å²) in [6.07, 6.45) is 1.93. The molecule has 0 aliphatic carbocycles. The van der Waals surface area contributed by atoms with Gasteiger partial charge in [0.25, 0.3) is 5.91 Å². The first-order chi connectivity index (χ1) is 8.57. The van der Waals surface area contributed by atoms with Crippen LogP contribution in [0, 0.1) is 0 Å². The molecule has 18 heavy (non-hydrogen) atoms. The average molecular weight is 265 g/mol. The summed E-state index contributed by atoms with van der Waals surface area (Å²) < 4.78 is 5.18. The van der Waals surface area contributed by atoms with Gasteiger partial charge >= 0.3 is 0 Å². The first kappa shape index (κ1) is 12.9. The molecule has 0 fully saturated rings. The number of amides is 1. The molecule has 2 aromatic rings. The van der Waals surface area contributed by atoms with Crippen LogP contribution in [-0.2, 0) is 6.42 Å². The van der Waals surface area contributed by atoms with Gasteiger partial charge in [-0.15, -0.1) is 11.3 Å². The highest BCUT2D eigenvalue weighted by Crippen LogP contribution is 2.13. The van der Waals surface area contributed by atoms with Crippen molar-refractivity contribution in [2.75, 3.05) is 6.54 Å². The van der Waals surface area contributed by atoms with E-state index < -0.39 is 5.60 Å². The number of hydrogen-bond acceptors (Lipinski definition) is 4. The summed E-state index contributed by atoms with van der Waals surface area (Å²) in [6.45, 7) is 1.86. The van der Waals surface area contributed by atoms with Crippen molar-refractivity contribution in [1.82, 2.24) is 5.32 Å². The van der Waals surface area contributed by atoms with E-state index in [2.05, 4.69) is 5.32 Å². The van der Waals surface area contributed by atoms with Crippen LogP contribution in [0.3, 0.4) is 0 Å². The Balaban J connectivity index is 1.87. The van der Waals surface area contributed by atoms with Gasteiger partial charge in [0, 0.05) is 13.0 Å². The average Bonchev–Trinajstić information content (AvgIpc) is 2.97. The molecule has 1 unspecified atom stereocenters. The Morgan fingerprint density at radius 2 is 2.33 bits per heavy atom. The third-order valence-electron chi connectivity index (χ3n) is 2.51. The topological polar surface area (TPSA) is 62.5 Å². The molecule has 0 saturated carbocycles. The maximum absolute atomic E-state index is 11.7. The van der Waals surface area contributed by atoms with Gasteiger partial charge in [0.15, 0.2) is 0 Å². The predicted octanol–water partition coefficient (Wildman–Crippen LogP) is 2.06. The molecule has 0 radical (unpaired) electrons. The molecule has 4 nitrogen and oxygen atoms in total. The summed E-state index contributed by atoms with van der Waals surface area (Å²) >= 11 is 1.37. The second-order valence-corrected chi connectivity index (χ2v) is 5.36. The maximum atomic E-state index is 11.7. The van der Waals surface area contributed by atoms with Crippen LogP contribution in [0.1, 0.15) is 22.4 Å². The molecule has 2 N–H and O–H groups in total. The van der Waals surface area contributed by atoms with E-state index in [1.54, 1.807) is 31.4 Å². The molecule has 0 aromatic carbocycles. The van der Waals surface area contributed by atoms with Gasteiger partial charge in [-0.2, -0.15) is 0 Å². The molecule has 0 aliphatic rings. The lowest BCUT2D eigenvalue weighted by molar-refractivity contribution is 0.0511. The molecule has 0 saturated heterocycles. The van der Waals surface area contributed by atoms with E-state index in [9.17, 15) is 9.90 Å². The molecule has 0 spiro atoms. The second kappa shape index (κ2) is 5.37. The number of furan rings is 1. The van der Waals surface area contributed by atoms with Gasteiger partial charge in [-0.25, -0.2) is 0 Å². The summed E-state index contributed by atoms with van der Waals surface area (Å²) in [5.41, 5.74) is -1.02. The van der Waals surface area contributed by atoms with Crippen molar-refractivity contribution in [1.29, 1.82) is 0 Å². The lowest BCUT2D eigenvalue weighted by Gasteiger charge is -2.22. The zero-order valence-electron chi connectivity index (χ0n) is 10.1. The number of carbonyl (C=O) groups is 1. The molecule has 1 atom stereocenters. The van der Waals surface area contributed by atoms with Crippen molar-refractivity contribution in [2.45, 2.75) is 18.9 Å². The third kappa shape index (κ3) is 3.45. The lowest BCUT2D eigenvalue weighted by atomic mass is 10.0. The molecule has 2 heterocycles. The molecule has 2 rings (SSSR count). The van der Waals surface area contributed by atoms with E-state index >= 15 is 0 Å². The fourth-order valence-electron chi connectivity index (χ4n) is 1.62. The Kier molecular flexibility index (Phi) is 3.84. The smallest absolute Gasteiger partial charge is 0.261 e. The zero-order chi connectivity index (χ0) is 13.0. The number of thiophene rings is 1. The summed E-state index contributed by atoms with van der Waals surface area (Å²) in [7, 11) is 0. The van der Waals surface area contributed by atoms with Crippen molar-refractivity contribution < 1.29 is 14.3 Å². The highest BCUT2D eigenvalue weighted by atomic mass is 32.1. The van der Waals surface area contributed by atoms with Gasteiger partial charge in [-0.05, 0) is 30.5 Å². The number of hydrogen-bond donors (Lipinski definition) is 2. The molecule has 96 valence electrons. The van der Waals surface area contributed by atoms with E-state index in [-0.39, 0.29) is 12.5 Å². The Labute approximate surface area is 109 Å². The van der Waals surface area contributed by atoms with Crippen LogP contribution < -0.4 is 5.32 Å². The highest BCUT2D eigenvalue weighted by molar-refractivity contribution is 7.12. The van der Waals surface area contributed by atoms with Gasteiger partial charge in [-0.1, -0.05) is 6.07 Å². The zero-order valence-corrected chi connectivity index (χ0v) is 10.9. The van der Waals surface area contributed by atoms with Crippen LogP contribution in [-0.4, -0.2) is 23.2 Å². The van der Waals surface area contributed by atoms with E-state index in [0.29, 0.717) is 17.1 Å². The minimum Gasteiger partial charge on any atom is -0.469 e. The van der Waals surface area contributed by atoms with Crippen LogP contribution in [0.15, 0.2) is 40.3 Å². The summed E-state index contributed by atoms with van der Waals surface area (Å²) in [5, 5.41) is 14.7. The van der Waals surface area contributed by atoms with Gasteiger partial charge in [0.05, 0.1) is 16.7 Å². The van der Waals surface area contributed by atoms with Crippen molar-refractivity contribution in [2.24, 2.45) is 0 Å². The molecular formula is C13H15NO3S. The summed E-state index contributed by atoms with van der Waals surface area (Å²) in [4.78, 5) is 12.4. The third-order valence-corrected chi connectivity index (χ3v) is 3.38. The normalized spacial score (nSPS) is 14.1. The van der Waals surface area contributed by atoms with E-state index in [1.165, 1.54) is 11.3 Å².